The quantitative estimate of drug-likeness (QED) is 0.894. The normalized spacial score (nSPS) is 21.1. The predicted octanol–water partition coefficient (Wildman–Crippen LogP) is 4.04. The molecular formula is C17H27FN2. The van der Waals surface area contributed by atoms with E-state index in [1.54, 1.807) is 6.07 Å². The van der Waals surface area contributed by atoms with Crippen molar-refractivity contribution < 1.29 is 4.39 Å². The number of halogens is 1. The second-order valence-corrected chi connectivity index (χ2v) is 6.03. The summed E-state index contributed by atoms with van der Waals surface area (Å²) < 4.78 is 13.9. The molecule has 0 saturated carbocycles. The lowest BCUT2D eigenvalue weighted by molar-refractivity contribution is 0.403. The third-order valence-corrected chi connectivity index (χ3v) is 4.64. The molecule has 2 nitrogen and oxygen atoms in total. The van der Waals surface area contributed by atoms with Gasteiger partial charge in [-0.15, -0.1) is 0 Å². The highest BCUT2D eigenvalue weighted by molar-refractivity contribution is 5.57. The lowest BCUT2D eigenvalue weighted by Gasteiger charge is -2.36. The lowest BCUT2D eigenvalue weighted by atomic mass is 9.93. The number of nitrogens with zero attached hydrogens (tertiary/aromatic N) is 1. The second-order valence-electron chi connectivity index (χ2n) is 6.03. The van der Waals surface area contributed by atoms with E-state index in [-0.39, 0.29) is 11.9 Å². The van der Waals surface area contributed by atoms with Gasteiger partial charge in [-0.25, -0.2) is 4.39 Å². The maximum Gasteiger partial charge on any atom is 0.126 e. The summed E-state index contributed by atoms with van der Waals surface area (Å²) in [6.45, 7) is 8.40. The Labute approximate surface area is 122 Å². The van der Waals surface area contributed by atoms with E-state index < -0.39 is 0 Å². The molecule has 3 heteroatoms. The molecule has 1 aromatic carbocycles. The van der Waals surface area contributed by atoms with E-state index in [9.17, 15) is 4.39 Å². The second kappa shape index (κ2) is 6.57. The third-order valence-electron chi connectivity index (χ3n) is 4.64. The van der Waals surface area contributed by atoms with Gasteiger partial charge in [0.15, 0.2) is 0 Å². The van der Waals surface area contributed by atoms with Crippen LogP contribution in [0.25, 0.3) is 0 Å². The van der Waals surface area contributed by atoms with Crippen LogP contribution in [0.1, 0.15) is 50.3 Å². The number of nitrogens with one attached hydrogen (secondary N) is 1. The smallest absolute Gasteiger partial charge is 0.126 e. The topological polar surface area (TPSA) is 15.3 Å². The minimum absolute atomic E-state index is 0.102. The van der Waals surface area contributed by atoms with Crippen molar-refractivity contribution >= 4 is 5.69 Å². The van der Waals surface area contributed by atoms with Gasteiger partial charge in [0.1, 0.15) is 5.82 Å². The van der Waals surface area contributed by atoms with Crippen molar-refractivity contribution in [2.45, 2.75) is 46.1 Å². The van der Waals surface area contributed by atoms with Gasteiger partial charge in [0.05, 0.1) is 0 Å². The Hall–Kier alpha value is -1.09. The van der Waals surface area contributed by atoms with Gasteiger partial charge in [0.2, 0.25) is 0 Å². The third kappa shape index (κ3) is 3.14. The molecule has 1 heterocycles. The van der Waals surface area contributed by atoms with Crippen LogP contribution < -0.4 is 10.2 Å². The maximum atomic E-state index is 13.9. The molecule has 1 aliphatic heterocycles. The molecule has 1 aromatic rings. The van der Waals surface area contributed by atoms with Crippen LogP contribution >= 0.6 is 0 Å². The first kappa shape index (κ1) is 15.3. The number of hydrogen-bond donors (Lipinski definition) is 1. The van der Waals surface area contributed by atoms with Crippen molar-refractivity contribution in [2.75, 3.05) is 25.0 Å². The van der Waals surface area contributed by atoms with Gasteiger partial charge in [0.25, 0.3) is 0 Å². The Kier molecular flexibility index (Phi) is 5.03. The number of aryl methyl sites for hydroxylation is 1. The molecule has 1 fully saturated rings. The number of benzene rings is 1. The van der Waals surface area contributed by atoms with E-state index in [0.29, 0.717) is 0 Å². The zero-order valence-electron chi connectivity index (χ0n) is 13.2. The average molecular weight is 278 g/mol. The molecule has 2 rings (SSSR count). The molecule has 0 bridgehead atoms. The van der Waals surface area contributed by atoms with E-state index in [2.05, 4.69) is 24.1 Å². The number of piperidine rings is 1. The van der Waals surface area contributed by atoms with Crippen LogP contribution in [0.3, 0.4) is 0 Å². The zero-order chi connectivity index (χ0) is 14.7. The summed E-state index contributed by atoms with van der Waals surface area (Å²) in [5.41, 5.74) is 3.03. The highest BCUT2D eigenvalue weighted by atomic mass is 19.1. The van der Waals surface area contributed by atoms with E-state index in [0.717, 1.165) is 30.1 Å². The Morgan fingerprint density at radius 3 is 2.85 bits per heavy atom. The van der Waals surface area contributed by atoms with Gasteiger partial charge >= 0.3 is 0 Å². The monoisotopic (exact) mass is 278 g/mol. The molecule has 2 atom stereocenters. The average Bonchev–Trinajstić information content (AvgIpc) is 2.48. The van der Waals surface area contributed by atoms with Crippen molar-refractivity contribution in [2.24, 2.45) is 5.92 Å². The van der Waals surface area contributed by atoms with Crippen molar-refractivity contribution in [1.82, 2.24) is 5.32 Å². The summed E-state index contributed by atoms with van der Waals surface area (Å²) >= 11 is 0. The van der Waals surface area contributed by atoms with Crippen LogP contribution in [0.15, 0.2) is 12.1 Å². The molecular weight excluding hydrogens is 251 g/mol. The molecule has 1 saturated heterocycles. The molecule has 1 N–H and O–H groups in total. The summed E-state index contributed by atoms with van der Waals surface area (Å²) in [6.07, 6.45) is 3.79. The molecule has 0 spiro atoms. The van der Waals surface area contributed by atoms with Crippen molar-refractivity contribution in [3.8, 4) is 0 Å². The summed E-state index contributed by atoms with van der Waals surface area (Å²) in [7, 11) is 1.93. The predicted molar refractivity (Wildman–Crippen MR) is 83.8 cm³/mol. The highest BCUT2D eigenvalue weighted by Crippen LogP contribution is 2.32. The van der Waals surface area contributed by atoms with Crippen molar-refractivity contribution in [3.05, 3.63) is 29.1 Å². The van der Waals surface area contributed by atoms with Crippen LogP contribution in [-0.2, 0) is 0 Å². The molecule has 0 radical (unpaired) electrons. The number of rotatable bonds is 4. The van der Waals surface area contributed by atoms with Crippen molar-refractivity contribution in [3.63, 3.8) is 0 Å². The Balaban J connectivity index is 2.35. The van der Waals surface area contributed by atoms with E-state index in [4.69, 9.17) is 0 Å². The molecule has 20 heavy (non-hydrogen) atoms. The van der Waals surface area contributed by atoms with Crippen LogP contribution in [0.4, 0.5) is 10.1 Å². The Morgan fingerprint density at radius 2 is 2.20 bits per heavy atom. The molecule has 112 valence electrons. The maximum absolute atomic E-state index is 13.9. The van der Waals surface area contributed by atoms with Gasteiger partial charge in [-0.1, -0.05) is 13.3 Å². The molecule has 1 aliphatic rings. The fourth-order valence-electron chi connectivity index (χ4n) is 3.07. The van der Waals surface area contributed by atoms with Crippen LogP contribution in [0.2, 0.25) is 0 Å². The van der Waals surface area contributed by atoms with E-state index >= 15 is 0 Å². The first-order chi connectivity index (χ1) is 9.56. The molecule has 2 unspecified atom stereocenters. The Bertz CT molecular complexity index is 459. The fourth-order valence-corrected chi connectivity index (χ4v) is 3.07. The van der Waals surface area contributed by atoms with Gasteiger partial charge < -0.3 is 10.2 Å². The molecule has 0 aromatic heterocycles. The largest absolute Gasteiger partial charge is 0.371 e. The van der Waals surface area contributed by atoms with Gasteiger partial charge in [-0.05, 0) is 62.9 Å². The minimum atomic E-state index is -0.102. The first-order valence-corrected chi connectivity index (χ1v) is 7.79. The summed E-state index contributed by atoms with van der Waals surface area (Å²) in [4.78, 5) is 2.45. The van der Waals surface area contributed by atoms with E-state index in [1.165, 1.54) is 24.9 Å². The van der Waals surface area contributed by atoms with Crippen molar-refractivity contribution in [1.29, 1.82) is 0 Å². The summed E-state index contributed by atoms with van der Waals surface area (Å²) in [5.74, 6) is 0.668. The fraction of sp³-hybridized carbons (Fsp3) is 0.647. The van der Waals surface area contributed by atoms with Crippen LogP contribution in [0, 0.1) is 18.7 Å². The number of hydrogen-bond acceptors (Lipinski definition) is 2. The van der Waals surface area contributed by atoms with Gasteiger partial charge in [-0.3, -0.25) is 0 Å². The minimum Gasteiger partial charge on any atom is -0.371 e. The first-order valence-electron chi connectivity index (χ1n) is 7.79. The number of anilines is 1. The lowest BCUT2D eigenvalue weighted by Crippen LogP contribution is -2.36. The Morgan fingerprint density at radius 1 is 1.45 bits per heavy atom. The molecule has 0 aliphatic carbocycles. The standard InChI is InChI=1S/C17H27FN2/c1-5-14-7-6-8-20(11-14)17-9-12(2)16(18)10-15(17)13(3)19-4/h9-10,13-14,19H,5-8,11H2,1-4H3. The highest BCUT2D eigenvalue weighted by Gasteiger charge is 2.23. The summed E-state index contributed by atoms with van der Waals surface area (Å²) in [5, 5.41) is 3.24. The van der Waals surface area contributed by atoms with Gasteiger partial charge in [-0.2, -0.15) is 0 Å². The summed E-state index contributed by atoms with van der Waals surface area (Å²) in [6, 6.07) is 3.90. The zero-order valence-corrected chi connectivity index (χ0v) is 13.2. The molecule has 0 amide bonds. The van der Waals surface area contributed by atoms with Crippen LogP contribution in [-0.4, -0.2) is 20.1 Å². The van der Waals surface area contributed by atoms with E-state index in [1.807, 2.05) is 20.0 Å². The van der Waals surface area contributed by atoms with Crippen LogP contribution in [0.5, 0.6) is 0 Å². The SMILES string of the molecule is CCC1CCCN(c2cc(C)c(F)cc2C(C)NC)C1. The van der Waals surface area contributed by atoms with Gasteiger partial charge in [0, 0.05) is 24.8 Å².